The van der Waals surface area contributed by atoms with Crippen molar-refractivity contribution >= 4 is 21.7 Å². The second kappa shape index (κ2) is 6.16. The molecule has 0 fully saturated rings. The summed E-state index contributed by atoms with van der Waals surface area (Å²) in [6.45, 7) is 6.09. The van der Waals surface area contributed by atoms with Crippen molar-refractivity contribution in [2.45, 2.75) is 26.7 Å². The summed E-state index contributed by atoms with van der Waals surface area (Å²) in [6, 6.07) is 0. The third-order valence-corrected chi connectivity index (χ3v) is 3.37. The normalized spacial score (nSPS) is 11.7. The molecule has 0 unspecified atom stereocenters. The van der Waals surface area contributed by atoms with E-state index in [0.29, 0.717) is 11.6 Å². The van der Waals surface area contributed by atoms with Crippen molar-refractivity contribution in [2.75, 3.05) is 30.0 Å². The smallest absolute Gasteiger partial charge is 0.210 e. The lowest BCUT2D eigenvalue weighted by molar-refractivity contribution is 0.598. The molecule has 8 heteroatoms. The summed E-state index contributed by atoms with van der Waals surface area (Å²) in [5.41, 5.74) is 0.848. The molecule has 0 bridgehead atoms. The maximum absolute atomic E-state index is 10.9. The van der Waals surface area contributed by atoms with Gasteiger partial charge in [-0.15, -0.1) is 0 Å². The standard InChI is InChI=1S/C11H21N5O2S/c1-7(2)9-15-10(13-4)8(3)11(16-9)14-5-6-19(12,17)18/h7H,5-6H2,1-4H3,(H2,12,17,18)(H2,13,14,15,16). The molecule has 0 aliphatic carbocycles. The predicted octanol–water partition coefficient (Wildman–Crippen LogP) is 0.651. The van der Waals surface area contributed by atoms with E-state index in [2.05, 4.69) is 20.6 Å². The Hall–Kier alpha value is -1.41. The third-order valence-electron chi connectivity index (χ3n) is 2.60. The van der Waals surface area contributed by atoms with Gasteiger partial charge in [0.1, 0.15) is 17.5 Å². The van der Waals surface area contributed by atoms with Crippen LogP contribution in [0.5, 0.6) is 0 Å². The number of nitrogens with one attached hydrogen (secondary N) is 2. The average Bonchev–Trinajstić information content (AvgIpc) is 2.29. The second-order valence-corrected chi connectivity index (χ2v) is 6.34. The quantitative estimate of drug-likeness (QED) is 0.708. The van der Waals surface area contributed by atoms with E-state index in [-0.39, 0.29) is 18.2 Å². The minimum Gasteiger partial charge on any atom is -0.373 e. The van der Waals surface area contributed by atoms with Gasteiger partial charge in [0.05, 0.1) is 5.75 Å². The van der Waals surface area contributed by atoms with Crippen LogP contribution in [-0.4, -0.2) is 37.7 Å². The Morgan fingerprint density at radius 2 is 1.84 bits per heavy atom. The van der Waals surface area contributed by atoms with Gasteiger partial charge in [-0.1, -0.05) is 13.8 Å². The largest absolute Gasteiger partial charge is 0.373 e. The van der Waals surface area contributed by atoms with Gasteiger partial charge in [0.2, 0.25) is 10.0 Å². The fourth-order valence-electron chi connectivity index (χ4n) is 1.52. The molecular weight excluding hydrogens is 266 g/mol. The second-order valence-electron chi connectivity index (χ2n) is 4.60. The number of hydrogen-bond donors (Lipinski definition) is 3. The summed E-state index contributed by atoms with van der Waals surface area (Å²) in [4.78, 5) is 8.80. The van der Waals surface area contributed by atoms with E-state index in [9.17, 15) is 8.42 Å². The average molecular weight is 287 g/mol. The van der Waals surface area contributed by atoms with Gasteiger partial charge in [-0.05, 0) is 6.92 Å². The highest BCUT2D eigenvalue weighted by Gasteiger charge is 2.12. The van der Waals surface area contributed by atoms with Gasteiger partial charge in [-0.2, -0.15) is 0 Å². The highest BCUT2D eigenvalue weighted by Crippen LogP contribution is 2.22. The first-order chi connectivity index (χ1) is 8.74. The molecule has 0 amide bonds. The Balaban J connectivity index is 2.95. The van der Waals surface area contributed by atoms with Crippen LogP contribution in [0.4, 0.5) is 11.6 Å². The number of anilines is 2. The highest BCUT2D eigenvalue weighted by molar-refractivity contribution is 7.89. The number of rotatable bonds is 6. The van der Waals surface area contributed by atoms with Crippen molar-refractivity contribution in [3.8, 4) is 0 Å². The van der Waals surface area contributed by atoms with Crippen molar-refractivity contribution in [3.05, 3.63) is 11.4 Å². The van der Waals surface area contributed by atoms with Crippen molar-refractivity contribution in [2.24, 2.45) is 5.14 Å². The van der Waals surface area contributed by atoms with Crippen LogP contribution in [0.3, 0.4) is 0 Å². The molecule has 1 rings (SSSR count). The van der Waals surface area contributed by atoms with E-state index in [1.54, 1.807) is 7.05 Å². The molecule has 4 N–H and O–H groups in total. The zero-order chi connectivity index (χ0) is 14.6. The molecule has 108 valence electrons. The summed E-state index contributed by atoms with van der Waals surface area (Å²) >= 11 is 0. The predicted molar refractivity (Wildman–Crippen MR) is 76.9 cm³/mol. The number of primary sulfonamides is 1. The zero-order valence-corrected chi connectivity index (χ0v) is 12.5. The molecule has 1 aromatic rings. The minimum absolute atomic E-state index is 0.137. The Morgan fingerprint density at radius 1 is 1.26 bits per heavy atom. The molecule has 0 atom stereocenters. The topological polar surface area (TPSA) is 110 Å². The van der Waals surface area contributed by atoms with Crippen molar-refractivity contribution in [3.63, 3.8) is 0 Å². The number of nitrogens with zero attached hydrogens (tertiary/aromatic N) is 2. The van der Waals surface area contributed by atoms with Gasteiger partial charge in [-0.25, -0.2) is 23.5 Å². The lowest BCUT2D eigenvalue weighted by Crippen LogP contribution is -2.23. The van der Waals surface area contributed by atoms with Crippen LogP contribution < -0.4 is 15.8 Å². The molecule has 1 heterocycles. The first kappa shape index (κ1) is 15.6. The maximum Gasteiger partial charge on any atom is 0.210 e. The van der Waals surface area contributed by atoms with Crippen molar-refractivity contribution < 1.29 is 8.42 Å². The summed E-state index contributed by atoms with van der Waals surface area (Å²) in [5, 5.41) is 11.0. The van der Waals surface area contributed by atoms with Crippen LogP contribution in [-0.2, 0) is 10.0 Å². The highest BCUT2D eigenvalue weighted by atomic mass is 32.2. The maximum atomic E-state index is 10.9. The molecule has 0 aromatic carbocycles. The van der Waals surface area contributed by atoms with Crippen LogP contribution in [0.25, 0.3) is 0 Å². The van der Waals surface area contributed by atoms with Crippen molar-refractivity contribution in [1.82, 2.24) is 9.97 Å². The van der Waals surface area contributed by atoms with Gasteiger partial charge in [0.25, 0.3) is 0 Å². The fourth-order valence-corrected chi connectivity index (χ4v) is 1.91. The first-order valence-electron chi connectivity index (χ1n) is 6.05. The SMILES string of the molecule is CNc1nc(C(C)C)nc(NCCS(N)(=O)=O)c1C. The van der Waals surface area contributed by atoms with Gasteiger partial charge in [0.15, 0.2) is 0 Å². The van der Waals surface area contributed by atoms with E-state index in [0.717, 1.165) is 11.4 Å². The summed E-state index contributed by atoms with van der Waals surface area (Å²) < 4.78 is 21.8. The van der Waals surface area contributed by atoms with E-state index >= 15 is 0 Å². The summed E-state index contributed by atoms with van der Waals surface area (Å²) in [6.07, 6.45) is 0. The van der Waals surface area contributed by atoms with E-state index in [1.165, 1.54) is 0 Å². The molecule has 0 saturated carbocycles. The van der Waals surface area contributed by atoms with E-state index in [1.807, 2.05) is 20.8 Å². The number of aromatic nitrogens is 2. The van der Waals surface area contributed by atoms with E-state index < -0.39 is 10.0 Å². The molecule has 0 saturated heterocycles. The van der Waals surface area contributed by atoms with Gasteiger partial charge < -0.3 is 10.6 Å². The molecule has 19 heavy (non-hydrogen) atoms. The Kier molecular flexibility index (Phi) is 5.07. The Morgan fingerprint density at radius 3 is 2.32 bits per heavy atom. The molecule has 0 aliphatic heterocycles. The molecular formula is C11H21N5O2S. The Bertz CT molecular complexity index is 542. The third kappa shape index (κ3) is 4.64. The van der Waals surface area contributed by atoms with Gasteiger partial charge in [-0.3, -0.25) is 0 Å². The van der Waals surface area contributed by atoms with Crippen LogP contribution in [0.2, 0.25) is 0 Å². The zero-order valence-electron chi connectivity index (χ0n) is 11.7. The summed E-state index contributed by atoms with van der Waals surface area (Å²) in [7, 11) is -1.69. The first-order valence-corrected chi connectivity index (χ1v) is 7.76. The van der Waals surface area contributed by atoms with Crippen LogP contribution in [0.15, 0.2) is 0 Å². The lowest BCUT2D eigenvalue weighted by Gasteiger charge is -2.14. The molecule has 0 radical (unpaired) electrons. The molecule has 0 aliphatic rings. The molecule has 1 aromatic heterocycles. The van der Waals surface area contributed by atoms with Gasteiger partial charge in [0, 0.05) is 25.1 Å². The van der Waals surface area contributed by atoms with Crippen molar-refractivity contribution in [1.29, 1.82) is 0 Å². The molecule has 7 nitrogen and oxygen atoms in total. The monoisotopic (exact) mass is 287 g/mol. The lowest BCUT2D eigenvalue weighted by atomic mass is 10.2. The number of hydrogen-bond acceptors (Lipinski definition) is 6. The summed E-state index contributed by atoms with van der Waals surface area (Å²) in [5.74, 6) is 2.12. The van der Waals surface area contributed by atoms with Gasteiger partial charge >= 0.3 is 0 Å². The number of nitrogens with two attached hydrogens (primary N) is 1. The van der Waals surface area contributed by atoms with Crippen LogP contribution in [0, 0.1) is 6.92 Å². The Labute approximate surface area is 114 Å². The van der Waals surface area contributed by atoms with Crippen LogP contribution >= 0.6 is 0 Å². The number of sulfonamides is 1. The fraction of sp³-hybridized carbons (Fsp3) is 0.636. The van der Waals surface area contributed by atoms with Crippen LogP contribution in [0.1, 0.15) is 31.2 Å². The minimum atomic E-state index is -3.47. The van der Waals surface area contributed by atoms with E-state index in [4.69, 9.17) is 5.14 Å². The molecule has 0 spiro atoms.